The highest BCUT2D eigenvalue weighted by atomic mass is 35.5. The first-order chi connectivity index (χ1) is 17.9. The maximum absolute atomic E-state index is 13.2. The zero-order chi connectivity index (χ0) is 25.7. The van der Waals surface area contributed by atoms with Crippen molar-refractivity contribution in [1.82, 2.24) is 29.8 Å². The van der Waals surface area contributed by atoms with Gasteiger partial charge in [0, 0.05) is 38.9 Å². The molecule has 0 radical (unpaired) electrons. The molecule has 0 saturated heterocycles. The van der Waals surface area contributed by atoms with Crippen molar-refractivity contribution in [2.24, 2.45) is 0 Å². The third-order valence-corrected chi connectivity index (χ3v) is 6.66. The normalized spacial score (nSPS) is 14.6. The molecule has 3 N–H and O–H groups in total. The van der Waals surface area contributed by atoms with Gasteiger partial charge in [0.25, 0.3) is 5.56 Å². The largest absolute Gasteiger partial charge is 0.477 e. The average Bonchev–Trinajstić information content (AvgIpc) is 3.63. The van der Waals surface area contributed by atoms with Gasteiger partial charge in [-0.2, -0.15) is 4.68 Å². The summed E-state index contributed by atoms with van der Waals surface area (Å²) in [6.45, 7) is 0. The number of hydrogen-bond donors (Lipinski definition) is 3. The van der Waals surface area contributed by atoms with Crippen LogP contribution in [0.1, 0.15) is 28.6 Å². The SMILES string of the molecule is O=C(O)c1cc2cc(NC(=O)[C@@H]3CCc4cc(-c5cc(Cl)ccc5-n5cnnn5)cc(=O)n43)ccc2[nH]1. The molecule has 1 aliphatic rings. The molecule has 4 heterocycles. The number of amides is 1. The van der Waals surface area contributed by atoms with E-state index in [1.54, 1.807) is 36.4 Å². The van der Waals surface area contributed by atoms with Gasteiger partial charge in [-0.1, -0.05) is 11.6 Å². The maximum atomic E-state index is 13.2. The van der Waals surface area contributed by atoms with Crippen LogP contribution in [0.15, 0.2) is 65.7 Å². The second-order valence-electron chi connectivity index (χ2n) is 8.69. The predicted octanol–water partition coefficient (Wildman–Crippen LogP) is 3.45. The molecule has 0 aliphatic carbocycles. The van der Waals surface area contributed by atoms with E-state index in [1.165, 1.54) is 27.7 Å². The number of aromatic amines is 1. The number of fused-ring (bicyclic) bond motifs is 2. The first-order valence-electron chi connectivity index (χ1n) is 11.3. The van der Waals surface area contributed by atoms with Crippen LogP contribution in [0.4, 0.5) is 5.69 Å². The Kier molecular flexibility index (Phi) is 5.34. The fraction of sp³-hybridized carbons (Fsp3) is 0.120. The van der Waals surface area contributed by atoms with Gasteiger partial charge in [0.2, 0.25) is 5.91 Å². The van der Waals surface area contributed by atoms with E-state index in [4.69, 9.17) is 11.6 Å². The number of pyridine rings is 1. The van der Waals surface area contributed by atoms with Crippen LogP contribution in [-0.4, -0.2) is 46.7 Å². The number of anilines is 1. The van der Waals surface area contributed by atoms with Gasteiger partial charge in [-0.3, -0.25) is 9.59 Å². The number of rotatable bonds is 5. The summed E-state index contributed by atoms with van der Waals surface area (Å²) in [5.74, 6) is -1.38. The summed E-state index contributed by atoms with van der Waals surface area (Å²) in [5.41, 5.74) is 3.65. The fourth-order valence-electron chi connectivity index (χ4n) is 4.76. The summed E-state index contributed by atoms with van der Waals surface area (Å²) in [6.07, 6.45) is 2.47. The van der Waals surface area contributed by atoms with E-state index in [-0.39, 0.29) is 17.2 Å². The van der Waals surface area contributed by atoms with E-state index in [0.29, 0.717) is 51.3 Å². The van der Waals surface area contributed by atoms with Crippen LogP contribution in [0.5, 0.6) is 0 Å². The van der Waals surface area contributed by atoms with Crippen molar-refractivity contribution in [3.63, 3.8) is 0 Å². The number of carboxylic acid groups (broad SMARTS) is 1. The minimum Gasteiger partial charge on any atom is -0.477 e. The van der Waals surface area contributed by atoms with Crippen molar-refractivity contribution in [2.45, 2.75) is 18.9 Å². The molecule has 0 bridgehead atoms. The molecule has 3 aromatic heterocycles. The topological polar surface area (TPSA) is 148 Å². The Hall–Kier alpha value is -4.77. The smallest absolute Gasteiger partial charge is 0.352 e. The first kappa shape index (κ1) is 22.7. The molecular weight excluding hydrogens is 498 g/mol. The lowest BCUT2D eigenvalue weighted by atomic mass is 10.0. The van der Waals surface area contributed by atoms with E-state index in [0.717, 1.165) is 5.69 Å². The Bertz CT molecular complexity index is 1760. The number of H-pyrrole nitrogens is 1. The molecule has 5 aromatic rings. The molecule has 184 valence electrons. The van der Waals surface area contributed by atoms with Crippen LogP contribution >= 0.6 is 11.6 Å². The van der Waals surface area contributed by atoms with Crippen LogP contribution in [0.2, 0.25) is 5.02 Å². The highest BCUT2D eigenvalue weighted by molar-refractivity contribution is 6.31. The van der Waals surface area contributed by atoms with Gasteiger partial charge in [0.15, 0.2) is 0 Å². The number of halogens is 1. The summed E-state index contributed by atoms with van der Waals surface area (Å²) in [7, 11) is 0. The fourth-order valence-corrected chi connectivity index (χ4v) is 4.93. The molecule has 6 rings (SSSR count). The number of aromatic carboxylic acids is 1. The zero-order valence-corrected chi connectivity index (χ0v) is 19.8. The molecule has 37 heavy (non-hydrogen) atoms. The minimum atomic E-state index is -1.06. The van der Waals surface area contributed by atoms with Crippen molar-refractivity contribution in [3.8, 4) is 16.8 Å². The van der Waals surface area contributed by atoms with Crippen LogP contribution < -0.4 is 10.9 Å². The van der Waals surface area contributed by atoms with E-state index >= 15 is 0 Å². The lowest BCUT2D eigenvalue weighted by Crippen LogP contribution is -2.31. The molecule has 0 saturated carbocycles. The molecule has 0 fully saturated rings. The quantitative estimate of drug-likeness (QED) is 0.324. The number of carboxylic acids is 1. The summed E-state index contributed by atoms with van der Waals surface area (Å²) in [6, 6.07) is 14.5. The number of nitrogens with zero attached hydrogens (tertiary/aromatic N) is 5. The number of aromatic nitrogens is 6. The van der Waals surface area contributed by atoms with E-state index in [2.05, 4.69) is 25.8 Å². The second kappa shape index (κ2) is 8.71. The van der Waals surface area contributed by atoms with Gasteiger partial charge in [0.05, 0.1) is 5.69 Å². The highest BCUT2D eigenvalue weighted by Gasteiger charge is 2.30. The molecule has 2 aromatic carbocycles. The Balaban J connectivity index is 1.31. The van der Waals surface area contributed by atoms with Crippen molar-refractivity contribution >= 4 is 40.1 Å². The minimum absolute atomic E-state index is 0.0634. The number of hydrogen-bond acceptors (Lipinski definition) is 6. The van der Waals surface area contributed by atoms with Crippen LogP contribution in [0, 0.1) is 0 Å². The van der Waals surface area contributed by atoms with Crippen LogP contribution in [0.25, 0.3) is 27.7 Å². The van der Waals surface area contributed by atoms with E-state index < -0.39 is 12.0 Å². The third-order valence-electron chi connectivity index (χ3n) is 6.42. The van der Waals surface area contributed by atoms with Gasteiger partial charge < -0.3 is 20.0 Å². The van der Waals surface area contributed by atoms with Crippen molar-refractivity contribution in [1.29, 1.82) is 0 Å². The number of nitrogens with one attached hydrogen (secondary N) is 2. The van der Waals surface area contributed by atoms with Gasteiger partial charge in [0.1, 0.15) is 18.1 Å². The lowest BCUT2D eigenvalue weighted by Gasteiger charge is -2.16. The monoisotopic (exact) mass is 515 g/mol. The summed E-state index contributed by atoms with van der Waals surface area (Å²) >= 11 is 6.25. The van der Waals surface area contributed by atoms with Crippen molar-refractivity contribution < 1.29 is 14.7 Å². The van der Waals surface area contributed by atoms with Gasteiger partial charge in [-0.05, 0) is 77.4 Å². The average molecular weight is 516 g/mol. The molecule has 1 amide bonds. The molecule has 12 heteroatoms. The number of tetrazole rings is 1. The van der Waals surface area contributed by atoms with Gasteiger partial charge in [-0.25, -0.2) is 4.79 Å². The number of aryl methyl sites for hydroxylation is 1. The van der Waals surface area contributed by atoms with Gasteiger partial charge in [-0.15, -0.1) is 5.10 Å². The molecular formula is C25H18ClN7O4. The van der Waals surface area contributed by atoms with Crippen molar-refractivity contribution in [3.05, 3.63) is 87.7 Å². The third kappa shape index (κ3) is 4.04. The molecule has 11 nitrogen and oxygen atoms in total. The molecule has 1 aliphatic heterocycles. The Morgan fingerprint density at radius 2 is 1.97 bits per heavy atom. The standard InChI is InChI=1S/C25H18ClN7O4/c26-15-1-5-21(32-12-27-30-31-32)18(11-15)13-8-17-3-6-22(33(17)23(34)10-13)24(35)28-16-2-4-19-14(7-16)9-20(29-19)25(36)37/h1-2,4-5,7-12,22,29H,3,6H2,(H,28,35)(H,36,37)/t22-/m0/s1. The number of carbonyl (C=O) groups excluding carboxylic acids is 1. The van der Waals surface area contributed by atoms with Crippen molar-refractivity contribution in [2.75, 3.05) is 5.32 Å². The summed E-state index contributed by atoms with van der Waals surface area (Å²) in [5, 5.41) is 24.5. The van der Waals surface area contributed by atoms with Crippen LogP contribution in [0.3, 0.4) is 0 Å². The maximum Gasteiger partial charge on any atom is 0.352 e. The van der Waals surface area contributed by atoms with E-state index in [9.17, 15) is 19.5 Å². The molecule has 0 spiro atoms. The lowest BCUT2D eigenvalue weighted by molar-refractivity contribution is -0.119. The van der Waals surface area contributed by atoms with E-state index in [1.807, 2.05) is 6.07 Å². The second-order valence-corrected chi connectivity index (χ2v) is 9.13. The Morgan fingerprint density at radius 3 is 2.76 bits per heavy atom. The molecule has 0 unspecified atom stereocenters. The Labute approximate surface area is 213 Å². The first-order valence-corrected chi connectivity index (χ1v) is 11.7. The Morgan fingerprint density at radius 1 is 1.11 bits per heavy atom. The molecule has 1 atom stereocenters. The highest BCUT2D eigenvalue weighted by Crippen LogP contribution is 2.33. The van der Waals surface area contributed by atoms with Gasteiger partial charge >= 0.3 is 5.97 Å². The summed E-state index contributed by atoms with van der Waals surface area (Å²) < 4.78 is 3.00. The number of benzene rings is 2. The van der Waals surface area contributed by atoms with Crippen LogP contribution in [-0.2, 0) is 11.2 Å². The zero-order valence-electron chi connectivity index (χ0n) is 19.1. The number of carbonyl (C=O) groups is 2. The summed E-state index contributed by atoms with van der Waals surface area (Å²) in [4.78, 5) is 40.4. The predicted molar refractivity (Wildman–Crippen MR) is 135 cm³/mol.